The summed E-state index contributed by atoms with van der Waals surface area (Å²) in [5.74, 6) is -0.965. The fourth-order valence-corrected chi connectivity index (χ4v) is 8.08. The van der Waals surface area contributed by atoms with Crippen molar-refractivity contribution < 1.29 is 73.8 Å². The van der Waals surface area contributed by atoms with Crippen LogP contribution in [0.25, 0.3) is 0 Å². The minimum Gasteiger partial charge on any atom is -0.462 e. The summed E-state index contributed by atoms with van der Waals surface area (Å²) in [6, 6.07) is 0. The Morgan fingerprint density at radius 1 is 0.432 bits per heavy atom. The summed E-state index contributed by atoms with van der Waals surface area (Å²) in [6.45, 7) is 2.33. The maximum atomic E-state index is 13.1. The van der Waals surface area contributed by atoms with E-state index < -0.39 is 99.3 Å². The average molecular weight is 1050 g/mol. The van der Waals surface area contributed by atoms with Crippen LogP contribution >= 0.6 is 0 Å². The first-order valence-electron chi connectivity index (χ1n) is 27.8. The number of rotatable bonds is 42. The van der Waals surface area contributed by atoms with E-state index in [0.29, 0.717) is 12.8 Å². The lowest BCUT2D eigenvalue weighted by molar-refractivity contribution is -0.332. The number of hydrogen-bond donors (Lipinski definition) is 7. The van der Waals surface area contributed by atoms with Crippen molar-refractivity contribution in [2.24, 2.45) is 0 Å². The highest BCUT2D eigenvalue weighted by Gasteiger charge is 2.47. The molecule has 74 heavy (non-hydrogen) atoms. The van der Waals surface area contributed by atoms with Gasteiger partial charge in [-0.1, -0.05) is 162 Å². The molecule has 0 amide bonds. The first-order valence-corrected chi connectivity index (χ1v) is 27.8. The Morgan fingerprint density at radius 2 is 0.811 bits per heavy atom. The van der Waals surface area contributed by atoms with Crippen molar-refractivity contribution in [3.8, 4) is 0 Å². The molecule has 0 spiro atoms. The van der Waals surface area contributed by atoms with Crippen LogP contribution in [0.3, 0.4) is 0 Å². The quantitative estimate of drug-likeness (QED) is 0.0172. The monoisotopic (exact) mass is 1040 g/mol. The number of allylic oxidation sites excluding steroid dienone is 16. The summed E-state index contributed by atoms with van der Waals surface area (Å²) in [7, 11) is 0. The summed E-state index contributed by atoms with van der Waals surface area (Å²) in [6.07, 6.45) is 39.9. The van der Waals surface area contributed by atoms with E-state index in [4.69, 9.17) is 28.4 Å². The Labute approximate surface area is 443 Å². The number of esters is 2. The Hall–Kier alpha value is -3.58. The molecule has 0 saturated carbocycles. The number of carbonyl (C=O) groups excluding carboxylic acids is 2. The van der Waals surface area contributed by atoms with E-state index in [-0.39, 0.29) is 19.4 Å². The number of aliphatic hydroxyl groups excluding tert-OH is 7. The lowest BCUT2D eigenvalue weighted by atomic mass is 9.98. The average Bonchev–Trinajstić information content (AvgIpc) is 3.39. The molecule has 7 N–H and O–H groups in total. The second-order valence-corrected chi connectivity index (χ2v) is 19.0. The molecular weight excluding hydrogens is 949 g/mol. The number of ether oxygens (including phenoxy) is 6. The zero-order valence-corrected chi connectivity index (χ0v) is 44.8. The number of hydrogen-bond acceptors (Lipinski definition) is 15. The van der Waals surface area contributed by atoms with Gasteiger partial charge in [-0.25, -0.2) is 0 Å². The summed E-state index contributed by atoms with van der Waals surface area (Å²) in [4.78, 5) is 25.9. The van der Waals surface area contributed by atoms with Gasteiger partial charge in [0.1, 0.15) is 55.4 Å². The van der Waals surface area contributed by atoms with E-state index in [1.807, 2.05) is 0 Å². The molecule has 0 bridgehead atoms. The number of carbonyl (C=O) groups is 2. The molecule has 11 unspecified atom stereocenters. The van der Waals surface area contributed by atoms with Crippen molar-refractivity contribution in [1.29, 1.82) is 0 Å². The first kappa shape index (κ1) is 66.5. The molecule has 422 valence electrons. The molecule has 0 aromatic heterocycles. The van der Waals surface area contributed by atoms with Crippen LogP contribution in [-0.4, -0.2) is 142 Å². The van der Waals surface area contributed by atoms with Gasteiger partial charge in [0.15, 0.2) is 18.7 Å². The van der Waals surface area contributed by atoms with Crippen molar-refractivity contribution in [1.82, 2.24) is 0 Å². The van der Waals surface area contributed by atoms with Crippen LogP contribution in [0.15, 0.2) is 97.2 Å². The van der Waals surface area contributed by atoms with E-state index in [2.05, 4.69) is 111 Å². The largest absolute Gasteiger partial charge is 0.462 e. The van der Waals surface area contributed by atoms with Crippen LogP contribution in [0.4, 0.5) is 0 Å². The minimum atomic E-state index is -1.78. The summed E-state index contributed by atoms with van der Waals surface area (Å²) in [5.41, 5.74) is 0. The molecule has 0 radical (unpaired) electrons. The summed E-state index contributed by atoms with van der Waals surface area (Å²) >= 11 is 0. The highest BCUT2D eigenvalue weighted by Crippen LogP contribution is 2.26. The van der Waals surface area contributed by atoms with E-state index >= 15 is 0 Å². The minimum absolute atomic E-state index is 0.140. The zero-order valence-electron chi connectivity index (χ0n) is 44.8. The molecule has 0 aliphatic carbocycles. The van der Waals surface area contributed by atoms with Crippen molar-refractivity contribution in [2.75, 3.05) is 26.4 Å². The molecule has 0 aromatic rings. The van der Waals surface area contributed by atoms with Crippen molar-refractivity contribution in [2.45, 2.75) is 235 Å². The van der Waals surface area contributed by atoms with Crippen LogP contribution in [-0.2, 0) is 38.0 Å². The van der Waals surface area contributed by atoms with E-state index in [9.17, 15) is 45.3 Å². The van der Waals surface area contributed by atoms with Gasteiger partial charge in [-0.3, -0.25) is 9.59 Å². The van der Waals surface area contributed by atoms with E-state index in [0.717, 1.165) is 128 Å². The molecule has 2 aliphatic rings. The highest BCUT2D eigenvalue weighted by atomic mass is 16.7. The van der Waals surface area contributed by atoms with Crippen LogP contribution in [0.2, 0.25) is 0 Å². The van der Waals surface area contributed by atoms with Gasteiger partial charge in [-0.15, -0.1) is 0 Å². The molecule has 0 aromatic carbocycles. The van der Waals surface area contributed by atoms with Gasteiger partial charge in [0.2, 0.25) is 0 Å². The van der Waals surface area contributed by atoms with E-state index in [1.54, 1.807) is 0 Å². The Kier molecular flexibility index (Phi) is 40.0. The third-order valence-corrected chi connectivity index (χ3v) is 12.6. The van der Waals surface area contributed by atoms with Crippen LogP contribution in [0, 0.1) is 0 Å². The first-order chi connectivity index (χ1) is 36.0. The van der Waals surface area contributed by atoms with Gasteiger partial charge in [-0.05, 0) is 89.9 Å². The predicted molar refractivity (Wildman–Crippen MR) is 288 cm³/mol. The summed E-state index contributed by atoms with van der Waals surface area (Å²) < 4.78 is 33.6. The van der Waals surface area contributed by atoms with Crippen molar-refractivity contribution in [3.63, 3.8) is 0 Å². The van der Waals surface area contributed by atoms with Gasteiger partial charge >= 0.3 is 11.9 Å². The lowest BCUT2D eigenvalue weighted by Crippen LogP contribution is -2.61. The van der Waals surface area contributed by atoms with Crippen LogP contribution in [0.5, 0.6) is 0 Å². The Bertz CT molecular complexity index is 1650. The third kappa shape index (κ3) is 31.5. The molecular formula is C59H96O15. The normalized spacial score (nSPS) is 25.4. The zero-order chi connectivity index (χ0) is 53.9. The van der Waals surface area contributed by atoms with Gasteiger partial charge in [0.05, 0.1) is 19.8 Å². The lowest BCUT2D eigenvalue weighted by Gasteiger charge is -2.42. The standard InChI is InChI=1S/C59H96O15/c1-3-5-7-9-11-13-15-17-19-21-23-25-27-29-31-33-35-37-39-41-50(61)69-44-47(72-51(62)42-40-38-36-34-32-30-28-26-24-22-20-18-16-14-12-10-8-6-4-2)45-70-58-57(68)55(66)53(64)49(74-58)46-71-59-56(67)54(65)52(63)48(43-60)73-59/h5-8,11-14,17-20,23-26,47-49,52-60,63-68H,3-4,9-10,15-16,21-22,27-46H2,1-2H3/b7-5-,8-6-,13-11-,14-12-,19-17-,20-18-,25-23-,26-24-. The molecule has 2 aliphatic heterocycles. The van der Waals surface area contributed by atoms with Crippen molar-refractivity contribution >= 4 is 11.9 Å². The molecule has 2 rings (SSSR count). The molecule has 11 atom stereocenters. The fraction of sp³-hybridized carbons (Fsp3) is 0.695. The number of unbranched alkanes of at least 4 members (excludes halogenated alkanes) is 12. The van der Waals surface area contributed by atoms with Crippen LogP contribution in [0.1, 0.15) is 168 Å². The van der Waals surface area contributed by atoms with Gasteiger partial charge in [-0.2, -0.15) is 0 Å². The molecule has 15 heteroatoms. The van der Waals surface area contributed by atoms with Gasteiger partial charge in [0.25, 0.3) is 0 Å². The summed E-state index contributed by atoms with van der Waals surface area (Å²) in [5, 5.41) is 72.2. The van der Waals surface area contributed by atoms with Gasteiger partial charge in [0, 0.05) is 12.8 Å². The highest BCUT2D eigenvalue weighted by molar-refractivity contribution is 5.70. The Balaban J connectivity index is 1.79. The molecule has 2 saturated heterocycles. The van der Waals surface area contributed by atoms with Gasteiger partial charge < -0.3 is 64.2 Å². The maximum absolute atomic E-state index is 13.1. The third-order valence-electron chi connectivity index (χ3n) is 12.6. The van der Waals surface area contributed by atoms with E-state index in [1.165, 1.54) is 0 Å². The Morgan fingerprint density at radius 3 is 1.27 bits per heavy atom. The smallest absolute Gasteiger partial charge is 0.306 e. The second kappa shape index (κ2) is 44.5. The predicted octanol–water partition coefficient (Wildman–Crippen LogP) is 8.93. The SMILES string of the molecule is CC/C=C\C/C=C\C/C=C\C/C=C\CCCCCCCCC(=O)OCC(COC1OC(COC2OC(CO)C(O)C(O)C2O)C(O)C(O)C1O)OC(=O)CCCCCCCC/C=C\C/C=C\C/C=C\C/C=C\CC. The topological polar surface area (TPSA) is 231 Å². The molecule has 15 nitrogen and oxygen atoms in total. The maximum Gasteiger partial charge on any atom is 0.306 e. The number of aliphatic hydroxyl groups is 7. The second-order valence-electron chi connectivity index (χ2n) is 19.0. The van der Waals surface area contributed by atoms with Crippen molar-refractivity contribution in [3.05, 3.63) is 97.2 Å². The fourth-order valence-electron chi connectivity index (χ4n) is 8.08. The molecule has 2 fully saturated rings. The molecule has 2 heterocycles. The van der Waals surface area contributed by atoms with Crippen LogP contribution < -0.4 is 0 Å².